The first-order chi connectivity index (χ1) is 17.4. The minimum absolute atomic E-state index is 0.0291. The second kappa shape index (κ2) is 10.5. The number of hydrogen-bond acceptors (Lipinski definition) is 4. The molecule has 36 heavy (non-hydrogen) atoms. The second-order valence-corrected chi connectivity index (χ2v) is 10.9. The lowest BCUT2D eigenvalue weighted by atomic mass is 9.87. The summed E-state index contributed by atoms with van der Waals surface area (Å²) in [4.78, 5) is 0. The molecule has 2 aliphatic rings. The van der Waals surface area contributed by atoms with Gasteiger partial charge in [0.15, 0.2) is 11.1 Å². The third-order valence-electron chi connectivity index (χ3n) is 7.17. The van der Waals surface area contributed by atoms with Crippen LogP contribution in [-0.2, 0) is 17.5 Å². The smallest absolute Gasteiger partial charge is 0.152 e. The lowest BCUT2D eigenvalue weighted by Gasteiger charge is -2.19. The van der Waals surface area contributed by atoms with Gasteiger partial charge >= 0.3 is 0 Å². The van der Waals surface area contributed by atoms with E-state index in [1.54, 1.807) is 0 Å². The van der Waals surface area contributed by atoms with Crippen molar-refractivity contribution in [3.63, 3.8) is 0 Å². The summed E-state index contributed by atoms with van der Waals surface area (Å²) >= 11 is -1.80. The molecule has 6 heteroatoms. The normalized spacial score (nSPS) is 17.3. The van der Waals surface area contributed by atoms with Crippen LogP contribution < -0.4 is 9.47 Å². The van der Waals surface area contributed by atoms with Crippen LogP contribution in [0.5, 0.6) is 11.5 Å². The van der Waals surface area contributed by atoms with Crippen LogP contribution in [0.4, 0.5) is 0 Å². The number of benzene rings is 3. The third-order valence-corrected chi connectivity index (χ3v) is 7.81. The molecular weight excluding hydrogens is 470 g/mol. The van der Waals surface area contributed by atoms with Gasteiger partial charge in [-0.15, -0.1) is 0 Å². The fraction of sp³-hybridized carbons (Fsp3) is 0.367. The first-order valence-electron chi connectivity index (χ1n) is 12.6. The molecule has 0 heterocycles. The minimum Gasteiger partial charge on any atom is -0.494 e. The van der Waals surface area contributed by atoms with Gasteiger partial charge in [-0.2, -0.15) is 5.26 Å². The van der Waals surface area contributed by atoms with Crippen molar-refractivity contribution >= 4 is 11.1 Å². The molecule has 2 atom stereocenters. The monoisotopic (exact) mass is 501 g/mol. The molecule has 1 N–H and O–H groups in total. The highest BCUT2D eigenvalue weighted by atomic mass is 32.2. The van der Waals surface area contributed by atoms with Gasteiger partial charge in [-0.3, -0.25) is 0 Å². The first kappa shape index (κ1) is 24.5. The van der Waals surface area contributed by atoms with Gasteiger partial charge in [-0.25, -0.2) is 4.21 Å². The van der Waals surface area contributed by atoms with Crippen LogP contribution in [0.3, 0.4) is 0 Å². The molecule has 3 aromatic carbocycles. The molecule has 1 fully saturated rings. The quantitative estimate of drug-likeness (QED) is 0.258. The van der Waals surface area contributed by atoms with E-state index in [2.05, 4.69) is 36.4 Å². The van der Waals surface area contributed by atoms with Gasteiger partial charge in [-0.1, -0.05) is 18.2 Å². The Morgan fingerprint density at radius 2 is 1.72 bits per heavy atom. The van der Waals surface area contributed by atoms with E-state index in [-0.39, 0.29) is 11.9 Å². The fourth-order valence-electron chi connectivity index (χ4n) is 5.34. The minimum atomic E-state index is -1.80. The van der Waals surface area contributed by atoms with E-state index in [0.717, 1.165) is 58.1 Å². The van der Waals surface area contributed by atoms with E-state index in [1.165, 1.54) is 24.0 Å². The number of fused-ring (bicyclic) bond motifs is 1. The lowest BCUT2D eigenvalue weighted by molar-refractivity contribution is 0.207. The van der Waals surface area contributed by atoms with Crippen molar-refractivity contribution in [1.82, 2.24) is 0 Å². The highest BCUT2D eigenvalue weighted by Gasteiger charge is 2.30. The molecule has 186 valence electrons. The van der Waals surface area contributed by atoms with Crippen LogP contribution in [0.2, 0.25) is 0 Å². The molecule has 0 amide bonds. The maximum atomic E-state index is 10.9. The zero-order valence-corrected chi connectivity index (χ0v) is 21.6. The van der Waals surface area contributed by atoms with Gasteiger partial charge in [-0.05, 0) is 116 Å². The summed E-state index contributed by atoms with van der Waals surface area (Å²) in [5, 5.41) is 9.96. The molecular formula is C30H31NO4S. The highest BCUT2D eigenvalue weighted by molar-refractivity contribution is 7.79. The van der Waals surface area contributed by atoms with Crippen molar-refractivity contribution in [2.24, 2.45) is 0 Å². The number of nitriles is 1. The third kappa shape index (κ3) is 5.18. The van der Waals surface area contributed by atoms with Gasteiger partial charge in [0.25, 0.3) is 0 Å². The Kier molecular flexibility index (Phi) is 7.13. The zero-order chi connectivity index (χ0) is 25.2. The molecule has 0 bridgehead atoms. The molecule has 0 aromatic heterocycles. The molecule has 5 rings (SSSR count). The van der Waals surface area contributed by atoms with Crippen LogP contribution in [0.1, 0.15) is 71.1 Å². The summed E-state index contributed by atoms with van der Waals surface area (Å²) in [6.07, 6.45) is 4.81. The Bertz CT molecular complexity index is 1320. The van der Waals surface area contributed by atoms with E-state index in [4.69, 9.17) is 14.0 Å². The van der Waals surface area contributed by atoms with Crippen LogP contribution in [-0.4, -0.2) is 21.1 Å². The number of rotatable bonds is 9. The summed E-state index contributed by atoms with van der Waals surface area (Å²) < 4.78 is 32.1. The van der Waals surface area contributed by atoms with Crippen LogP contribution in [0.25, 0.3) is 11.1 Å². The van der Waals surface area contributed by atoms with Crippen molar-refractivity contribution < 1.29 is 18.2 Å². The number of aryl methyl sites for hydroxylation is 2. The van der Waals surface area contributed by atoms with E-state index < -0.39 is 11.1 Å². The Morgan fingerprint density at radius 1 is 1.00 bits per heavy atom. The molecule has 1 saturated carbocycles. The average molecular weight is 502 g/mol. The van der Waals surface area contributed by atoms with Crippen molar-refractivity contribution in [3.05, 3.63) is 81.9 Å². The molecule has 5 nitrogen and oxygen atoms in total. The van der Waals surface area contributed by atoms with Crippen LogP contribution >= 0.6 is 0 Å². The summed E-state index contributed by atoms with van der Waals surface area (Å²) in [7, 11) is 0. The summed E-state index contributed by atoms with van der Waals surface area (Å²) in [6.45, 7) is 4.47. The van der Waals surface area contributed by atoms with Gasteiger partial charge in [0.05, 0.1) is 24.0 Å². The van der Waals surface area contributed by atoms with Gasteiger partial charge in [0.2, 0.25) is 0 Å². The largest absolute Gasteiger partial charge is 0.494 e. The first-order valence-corrected chi connectivity index (χ1v) is 13.9. The average Bonchev–Trinajstić information content (AvgIpc) is 3.63. The molecule has 0 radical (unpaired) electrons. The Morgan fingerprint density at radius 3 is 2.36 bits per heavy atom. The van der Waals surface area contributed by atoms with Crippen molar-refractivity contribution in [2.75, 3.05) is 12.4 Å². The highest BCUT2D eigenvalue weighted by Crippen LogP contribution is 2.45. The van der Waals surface area contributed by atoms with Crippen molar-refractivity contribution in [1.29, 1.82) is 5.26 Å². The van der Waals surface area contributed by atoms with Crippen molar-refractivity contribution in [3.8, 4) is 28.7 Å². The van der Waals surface area contributed by atoms with Gasteiger partial charge in [0, 0.05) is 5.56 Å². The maximum absolute atomic E-state index is 10.9. The fourth-order valence-corrected chi connectivity index (χ4v) is 5.71. The number of hydrogen-bond donors (Lipinski definition) is 1. The van der Waals surface area contributed by atoms with Crippen molar-refractivity contribution in [2.45, 2.75) is 58.0 Å². The molecule has 0 spiro atoms. The zero-order valence-electron chi connectivity index (χ0n) is 20.8. The maximum Gasteiger partial charge on any atom is 0.152 e. The van der Waals surface area contributed by atoms with Crippen LogP contribution in [0, 0.1) is 25.2 Å². The van der Waals surface area contributed by atoms with Gasteiger partial charge in [0.1, 0.15) is 17.6 Å². The van der Waals surface area contributed by atoms with E-state index in [0.29, 0.717) is 18.6 Å². The number of nitrogens with zero attached hydrogens (tertiary/aromatic N) is 1. The van der Waals surface area contributed by atoms with E-state index >= 15 is 0 Å². The van der Waals surface area contributed by atoms with E-state index in [9.17, 15) is 9.47 Å². The van der Waals surface area contributed by atoms with E-state index in [1.807, 2.05) is 32.0 Å². The number of ether oxygens (including phenoxy) is 2. The predicted octanol–water partition coefficient (Wildman–Crippen LogP) is 6.78. The molecule has 3 aromatic rings. The topological polar surface area (TPSA) is 79.5 Å². The van der Waals surface area contributed by atoms with Crippen LogP contribution in [0.15, 0.2) is 48.5 Å². The summed E-state index contributed by atoms with van der Waals surface area (Å²) in [6, 6.07) is 18.9. The molecule has 0 aliphatic heterocycles. The standard InChI is InChI=1S/C30H31NO4S/c1-19-16-25(34-14-3-15-36(32)33)17-20(2)29(19)30-23(18-31)8-11-26-27(30)12-13-28(26)35-24-9-6-22(7-10-24)21-4-5-21/h6-11,16-17,21,28H,3-5,12-15H2,1-2H3,(H,32,33). The van der Waals surface area contributed by atoms with Gasteiger partial charge < -0.3 is 14.0 Å². The lowest BCUT2D eigenvalue weighted by Crippen LogP contribution is -2.05. The Balaban J connectivity index is 1.41. The Hall–Kier alpha value is -3.14. The second-order valence-electron chi connectivity index (χ2n) is 9.82. The Labute approximate surface area is 215 Å². The SMILES string of the molecule is Cc1cc(OCCCS(=O)O)cc(C)c1-c1c(C#N)ccc2c1CCC2Oc1ccc(C2CC2)cc1. The summed E-state index contributed by atoms with van der Waals surface area (Å²) in [5.74, 6) is 2.56. The predicted molar refractivity (Wildman–Crippen MR) is 142 cm³/mol. The summed E-state index contributed by atoms with van der Waals surface area (Å²) in [5.41, 5.74) is 8.58. The molecule has 2 unspecified atom stereocenters. The molecule has 2 aliphatic carbocycles. The molecule has 0 saturated heterocycles.